The molecule has 0 bridgehead atoms. The number of rotatable bonds is 4. The maximum atomic E-state index is 11.3. The number of carboxylic acids is 1. The van der Waals surface area contributed by atoms with Gasteiger partial charge in [0, 0.05) is 12.5 Å². The van der Waals surface area contributed by atoms with E-state index in [4.69, 9.17) is 5.11 Å². The number of carbonyl (C=O) groups excluding carboxylic acids is 1. The molecule has 1 heterocycles. The monoisotopic (exact) mass is 200 g/mol. The van der Waals surface area contributed by atoms with Gasteiger partial charge in [-0.25, -0.2) is 0 Å². The lowest BCUT2D eigenvalue weighted by molar-refractivity contribution is -0.141. The summed E-state index contributed by atoms with van der Waals surface area (Å²) in [6.45, 7) is 2.41. The van der Waals surface area contributed by atoms with Crippen molar-refractivity contribution in [3.63, 3.8) is 0 Å². The minimum Gasteiger partial charge on any atom is -0.480 e. The molecular formula is C9H16N2O3. The smallest absolute Gasteiger partial charge is 0.325 e. The average molecular weight is 200 g/mol. The molecule has 0 saturated carbocycles. The molecule has 5 heteroatoms. The van der Waals surface area contributed by atoms with Gasteiger partial charge in [-0.3, -0.25) is 9.59 Å². The molecule has 5 nitrogen and oxygen atoms in total. The lowest BCUT2D eigenvalue weighted by Crippen LogP contribution is -2.40. The van der Waals surface area contributed by atoms with Gasteiger partial charge in [0.1, 0.15) is 6.04 Å². The lowest BCUT2D eigenvalue weighted by Gasteiger charge is -2.12. The fraction of sp³-hybridized carbons (Fsp3) is 0.778. The second-order valence-electron chi connectivity index (χ2n) is 3.62. The largest absolute Gasteiger partial charge is 0.480 e. The second kappa shape index (κ2) is 4.95. The number of aliphatic carboxylic acids is 1. The summed E-state index contributed by atoms with van der Waals surface area (Å²) >= 11 is 0. The highest BCUT2D eigenvalue weighted by Gasteiger charge is 2.20. The van der Waals surface area contributed by atoms with E-state index in [-0.39, 0.29) is 11.9 Å². The average Bonchev–Trinajstić information content (AvgIpc) is 2.56. The van der Waals surface area contributed by atoms with Gasteiger partial charge in [-0.05, 0) is 26.3 Å². The van der Waals surface area contributed by atoms with Crippen LogP contribution in [0.25, 0.3) is 0 Å². The highest BCUT2D eigenvalue weighted by atomic mass is 16.4. The maximum absolute atomic E-state index is 11.3. The molecule has 1 rings (SSSR count). The van der Waals surface area contributed by atoms with Crippen molar-refractivity contribution in [2.24, 2.45) is 0 Å². The molecule has 1 fully saturated rings. The van der Waals surface area contributed by atoms with Gasteiger partial charge >= 0.3 is 5.97 Å². The van der Waals surface area contributed by atoms with Crippen LogP contribution in [0.4, 0.5) is 0 Å². The van der Waals surface area contributed by atoms with Crippen molar-refractivity contribution in [3.8, 4) is 0 Å². The second-order valence-corrected chi connectivity index (χ2v) is 3.62. The summed E-state index contributed by atoms with van der Waals surface area (Å²) in [4.78, 5) is 21.7. The molecule has 1 aliphatic rings. The Morgan fingerprint density at radius 1 is 1.64 bits per heavy atom. The predicted molar refractivity (Wildman–Crippen MR) is 50.9 cm³/mol. The molecule has 2 atom stereocenters. The summed E-state index contributed by atoms with van der Waals surface area (Å²) in [5.74, 6) is -1.20. The van der Waals surface area contributed by atoms with Crippen molar-refractivity contribution in [3.05, 3.63) is 0 Å². The Morgan fingerprint density at radius 3 is 2.86 bits per heavy atom. The highest BCUT2D eigenvalue weighted by Crippen LogP contribution is 2.08. The fourth-order valence-electron chi connectivity index (χ4n) is 1.52. The number of nitrogens with one attached hydrogen (secondary N) is 2. The van der Waals surface area contributed by atoms with Crippen LogP contribution in [-0.4, -0.2) is 35.6 Å². The van der Waals surface area contributed by atoms with E-state index in [0.717, 1.165) is 19.4 Å². The molecule has 80 valence electrons. The number of amides is 1. The SMILES string of the molecule is CC(NC(=O)CC1CCCN1)C(=O)O. The van der Waals surface area contributed by atoms with Gasteiger partial charge in [0.25, 0.3) is 0 Å². The van der Waals surface area contributed by atoms with Crippen molar-refractivity contribution in [1.82, 2.24) is 10.6 Å². The molecule has 14 heavy (non-hydrogen) atoms. The van der Waals surface area contributed by atoms with Crippen molar-refractivity contribution < 1.29 is 14.7 Å². The topological polar surface area (TPSA) is 78.4 Å². The third-order valence-electron chi connectivity index (χ3n) is 2.34. The molecule has 0 radical (unpaired) electrons. The van der Waals surface area contributed by atoms with Gasteiger partial charge in [-0.2, -0.15) is 0 Å². The molecule has 0 spiro atoms. The van der Waals surface area contributed by atoms with Crippen LogP contribution >= 0.6 is 0 Å². The first-order valence-electron chi connectivity index (χ1n) is 4.85. The van der Waals surface area contributed by atoms with Crippen molar-refractivity contribution in [2.75, 3.05) is 6.54 Å². The summed E-state index contributed by atoms with van der Waals surface area (Å²) in [5, 5.41) is 14.2. The van der Waals surface area contributed by atoms with Gasteiger partial charge in [-0.15, -0.1) is 0 Å². The fourth-order valence-corrected chi connectivity index (χ4v) is 1.52. The number of carboxylic acid groups (broad SMARTS) is 1. The Hall–Kier alpha value is -1.10. The zero-order valence-corrected chi connectivity index (χ0v) is 8.25. The molecule has 0 aromatic heterocycles. The molecular weight excluding hydrogens is 184 g/mol. The first kappa shape index (κ1) is 11.0. The van der Waals surface area contributed by atoms with E-state index in [9.17, 15) is 9.59 Å². The number of hydrogen-bond donors (Lipinski definition) is 3. The van der Waals surface area contributed by atoms with Crippen molar-refractivity contribution >= 4 is 11.9 Å². The Bertz CT molecular complexity index is 224. The third-order valence-corrected chi connectivity index (χ3v) is 2.34. The third kappa shape index (κ3) is 3.33. The van der Waals surface area contributed by atoms with Gasteiger partial charge in [0.15, 0.2) is 0 Å². The summed E-state index contributed by atoms with van der Waals surface area (Å²) in [6.07, 6.45) is 2.46. The molecule has 0 aromatic carbocycles. The predicted octanol–water partition coefficient (Wildman–Crippen LogP) is -0.282. The van der Waals surface area contributed by atoms with E-state index in [1.165, 1.54) is 6.92 Å². The first-order valence-corrected chi connectivity index (χ1v) is 4.85. The van der Waals surface area contributed by atoms with Gasteiger partial charge in [-0.1, -0.05) is 0 Å². The van der Waals surface area contributed by atoms with Crippen LogP contribution in [-0.2, 0) is 9.59 Å². The summed E-state index contributed by atoms with van der Waals surface area (Å²) < 4.78 is 0. The standard InChI is InChI=1S/C9H16N2O3/c1-6(9(13)14)11-8(12)5-7-3-2-4-10-7/h6-7,10H,2-5H2,1H3,(H,11,12)(H,13,14). The Labute approximate surface area is 82.9 Å². The molecule has 3 N–H and O–H groups in total. The molecule has 1 saturated heterocycles. The Balaban J connectivity index is 2.24. The highest BCUT2D eigenvalue weighted by molar-refractivity contribution is 5.83. The summed E-state index contributed by atoms with van der Waals surface area (Å²) in [6, 6.07) is -0.583. The summed E-state index contributed by atoms with van der Waals surface area (Å²) in [5.41, 5.74) is 0. The van der Waals surface area contributed by atoms with Crippen LogP contribution in [0, 0.1) is 0 Å². The number of hydrogen-bond acceptors (Lipinski definition) is 3. The van der Waals surface area contributed by atoms with E-state index >= 15 is 0 Å². The van der Waals surface area contributed by atoms with Crippen LogP contribution in [0.5, 0.6) is 0 Å². The van der Waals surface area contributed by atoms with Crippen LogP contribution < -0.4 is 10.6 Å². The van der Waals surface area contributed by atoms with E-state index in [1.54, 1.807) is 0 Å². The maximum Gasteiger partial charge on any atom is 0.325 e. The van der Waals surface area contributed by atoms with Crippen LogP contribution in [0.3, 0.4) is 0 Å². The van der Waals surface area contributed by atoms with Gasteiger partial charge in [0.05, 0.1) is 0 Å². The quantitative estimate of drug-likeness (QED) is 0.583. The first-order chi connectivity index (χ1) is 6.59. The Kier molecular flexibility index (Phi) is 3.88. The Morgan fingerprint density at radius 2 is 2.36 bits per heavy atom. The molecule has 2 unspecified atom stereocenters. The van der Waals surface area contributed by atoms with E-state index in [2.05, 4.69) is 10.6 Å². The molecule has 0 aromatic rings. The van der Waals surface area contributed by atoms with Crippen molar-refractivity contribution in [1.29, 1.82) is 0 Å². The lowest BCUT2D eigenvalue weighted by atomic mass is 10.1. The number of carbonyl (C=O) groups is 2. The summed E-state index contributed by atoms with van der Waals surface area (Å²) in [7, 11) is 0. The zero-order chi connectivity index (χ0) is 10.6. The van der Waals surface area contributed by atoms with Crippen LogP contribution in [0.15, 0.2) is 0 Å². The molecule has 1 amide bonds. The normalized spacial score (nSPS) is 23.1. The van der Waals surface area contributed by atoms with E-state index in [0.29, 0.717) is 6.42 Å². The zero-order valence-electron chi connectivity index (χ0n) is 8.25. The van der Waals surface area contributed by atoms with E-state index < -0.39 is 12.0 Å². The van der Waals surface area contributed by atoms with Crippen molar-refractivity contribution in [2.45, 2.75) is 38.3 Å². The van der Waals surface area contributed by atoms with Gasteiger partial charge in [0.2, 0.25) is 5.91 Å². The molecule has 0 aliphatic carbocycles. The minimum absolute atomic E-state index is 0.195. The van der Waals surface area contributed by atoms with Crippen LogP contribution in [0.2, 0.25) is 0 Å². The van der Waals surface area contributed by atoms with Crippen LogP contribution in [0.1, 0.15) is 26.2 Å². The molecule has 1 aliphatic heterocycles. The van der Waals surface area contributed by atoms with Gasteiger partial charge < -0.3 is 15.7 Å². The minimum atomic E-state index is -1.00. The van der Waals surface area contributed by atoms with E-state index in [1.807, 2.05) is 0 Å².